The summed E-state index contributed by atoms with van der Waals surface area (Å²) in [5.74, 6) is -0.0514. The first-order valence-electron chi connectivity index (χ1n) is 8.23. The standard InChI is InChI=1S/C20H21N3O3/c1-2-26-18-12-10-17(11-13-18)20(25)21-15-19(24)23-22-14-6-9-16-7-4-3-5-8-16/h3-14H,2,15H2,1H3,(H,21,25)(H,23,24)/b9-6+,22-14-. The molecule has 0 radical (unpaired) electrons. The lowest BCUT2D eigenvalue weighted by Gasteiger charge is -2.06. The van der Waals surface area contributed by atoms with E-state index in [2.05, 4.69) is 15.8 Å². The SMILES string of the molecule is CCOc1ccc(C(=O)NCC(=O)N/N=C\C=C\c2ccccc2)cc1. The molecule has 6 nitrogen and oxygen atoms in total. The van der Waals surface area contributed by atoms with Gasteiger partial charge in [0.05, 0.1) is 13.2 Å². The molecule has 0 unspecified atom stereocenters. The zero-order valence-corrected chi connectivity index (χ0v) is 14.5. The normalized spacial score (nSPS) is 10.8. The minimum atomic E-state index is -0.409. The van der Waals surface area contributed by atoms with Crippen molar-refractivity contribution < 1.29 is 14.3 Å². The second kappa shape index (κ2) is 10.5. The van der Waals surface area contributed by atoms with E-state index >= 15 is 0 Å². The van der Waals surface area contributed by atoms with E-state index < -0.39 is 5.91 Å². The third-order valence-corrected chi connectivity index (χ3v) is 3.28. The lowest BCUT2D eigenvalue weighted by molar-refractivity contribution is -0.120. The number of carbonyl (C=O) groups is 2. The van der Waals surface area contributed by atoms with Gasteiger partial charge in [-0.3, -0.25) is 9.59 Å². The van der Waals surface area contributed by atoms with Gasteiger partial charge in [0.1, 0.15) is 5.75 Å². The predicted molar refractivity (Wildman–Crippen MR) is 102 cm³/mol. The topological polar surface area (TPSA) is 79.8 Å². The maximum atomic E-state index is 12.0. The third kappa shape index (κ3) is 6.60. The van der Waals surface area contributed by atoms with Crippen LogP contribution in [0.4, 0.5) is 0 Å². The number of hydrogen-bond donors (Lipinski definition) is 2. The van der Waals surface area contributed by atoms with E-state index in [4.69, 9.17) is 4.74 Å². The van der Waals surface area contributed by atoms with Crippen molar-refractivity contribution in [2.75, 3.05) is 13.2 Å². The van der Waals surface area contributed by atoms with Gasteiger partial charge >= 0.3 is 0 Å². The zero-order chi connectivity index (χ0) is 18.6. The van der Waals surface area contributed by atoms with Crippen LogP contribution in [0.3, 0.4) is 0 Å². The molecule has 0 atom stereocenters. The van der Waals surface area contributed by atoms with Crippen LogP contribution in [0.25, 0.3) is 6.08 Å². The average Bonchev–Trinajstić information content (AvgIpc) is 2.67. The first-order chi connectivity index (χ1) is 12.7. The summed E-state index contributed by atoms with van der Waals surface area (Å²) in [7, 11) is 0. The lowest BCUT2D eigenvalue weighted by atomic mass is 10.2. The number of nitrogens with zero attached hydrogens (tertiary/aromatic N) is 1. The Morgan fingerprint density at radius 1 is 1.08 bits per heavy atom. The van der Waals surface area contributed by atoms with Crippen LogP contribution in [-0.2, 0) is 4.79 Å². The molecule has 2 aromatic rings. The van der Waals surface area contributed by atoms with Crippen molar-refractivity contribution >= 4 is 24.1 Å². The minimum absolute atomic E-state index is 0.161. The van der Waals surface area contributed by atoms with Crippen molar-refractivity contribution in [1.29, 1.82) is 0 Å². The molecule has 0 spiro atoms. The van der Waals surface area contributed by atoms with Gasteiger partial charge in [0.15, 0.2) is 0 Å². The molecule has 0 aliphatic heterocycles. The largest absolute Gasteiger partial charge is 0.494 e. The molecule has 0 fully saturated rings. The number of carbonyl (C=O) groups excluding carboxylic acids is 2. The molecule has 2 aromatic carbocycles. The number of ether oxygens (including phenoxy) is 1. The second-order valence-corrected chi connectivity index (χ2v) is 5.22. The quantitative estimate of drug-likeness (QED) is 0.567. The Morgan fingerprint density at radius 3 is 2.50 bits per heavy atom. The van der Waals surface area contributed by atoms with E-state index in [9.17, 15) is 9.59 Å². The van der Waals surface area contributed by atoms with E-state index in [-0.39, 0.29) is 12.5 Å². The summed E-state index contributed by atoms with van der Waals surface area (Å²) in [6, 6.07) is 16.4. The molecule has 2 rings (SSSR count). The monoisotopic (exact) mass is 351 g/mol. The minimum Gasteiger partial charge on any atom is -0.494 e. The number of rotatable bonds is 8. The number of benzene rings is 2. The van der Waals surface area contributed by atoms with Crippen LogP contribution in [-0.4, -0.2) is 31.2 Å². The summed E-state index contributed by atoms with van der Waals surface area (Å²) in [5.41, 5.74) is 3.84. The van der Waals surface area contributed by atoms with Gasteiger partial charge < -0.3 is 10.1 Å². The van der Waals surface area contributed by atoms with Crippen LogP contribution in [0.15, 0.2) is 65.8 Å². The fourth-order valence-electron chi connectivity index (χ4n) is 2.04. The predicted octanol–water partition coefficient (Wildman–Crippen LogP) is 2.63. The highest BCUT2D eigenvalue weighted by molar-refractivity contribution is 5.96. The van der Waals surface area contributed by atoms with Gasteiger partial charge in [-0.25, -0.2) is 5.43 Å². The lowest BCUT2D eigenvalue weighted by Crippen LogP contribution is -2.34. The van der Waals surface area contributed by atoms with Gasteiger partial charge in [0.2, 0.25) is 0 Å². The van der Waals surface area contributed by atoms with Crippen molar-refractivity contribution in [2.24, 2.45) is 5.10 Å². The summed E-state index contributed by atoms with van der Waals surface area (Å²) in [4.78, 5) is 23.6. The Bertz CT molecular complexity index is 769. The van der Waals surface area contributed by atoms with Crippen LogP contribution in [0, 0.1) is 0 Å². The summed E-state index contributed by atoms with van der Waals surface area (Å²) in [6.07, 6.45) is 5.05. The molecule has 0 heterocycles. The molecule has 0 aliphatic carbocycles. The van der Waals surface area contributed by atoms with Crippen molar-refractivity contribution in [3.63, 3.8) is 0 Å². The van der Waals surface area contributed by atoms with Crippen molar-refractivity contribution in [2.45, 2.75) is 6.92 Å². The highest BCUT2D eigenvalue weighted by Crippen LogP contribution is 2.11. The molecule has 0 bridgehead atoms. The van der Waals surface area contributed by atoms with E-state index in [1.807, 2.05) is 43.3 Å². The summed E-state index contributed by atoms with van der Waals surface area (Å²) in [6.45, 7) is 2.29. The fourth-order valence-corrected chi connectivity index (χ4v) is 2.04. The van der Waals surface area contributed by atoms with E-state index in [1.165, 1.54) is 6.21 Å². The van der Waals surface area contributed by atoms with Crippen LogP contribution in [0.1, 0.15) is 22.8 Å². The van der Waals surface area contributed by atoms with Gasteiger partial charge in [-0.15, -0.1) is 0 Å². The van der Waals surface area contributed by atoms with Gasteiger partial charge in [-0.1, -0.05) is 36.4 Å². The third-order valence-electron chi connectivity index (χ3n) is 3.28. The number of nitrogens with one attached hydrogen (secondary N) is 2. The second-order valence-electron chi connectivity index (χ2n) is 5.22. The number of hydrazone groups is 1. The molecule has 26 heavy (non-hydrogen) atoms. The van der Waals surface area contributed by atoms with Crippen LogP contribution in [0.2, 0.25) is 0 Å². The number of allylic oxidation sites excluding steroid dienone is 1. The first kappa shape index (κ1) is 18.9. The Morgan fingerprint density at radius 2 is 1.81 bits per heavy atom. The highest BCUT2D eigenvalue weighted by atomic mass is 16.5. The Balaban J connectivity index is 1.71. The molecule has 2 amide bonds. The molecular weight excluding hydrogens is 330 g/mol. The van der Waals surface area contributed by atoms with E-state index in [0.29, 0.717) is 17.9 Å². The molecule has 2 N–H and O–H groups in total. The van der Waals surface area contributed by atoms with Crippen molar-refractivity contribution in [3.05, 3.63) is 71.8 Å². The van der Waals surface area contributed by atoms with Crippen LogP contribution >= 0.6 is 0 Å². The van der Waals surface area contributed by atoms with Gasteiger partial charge in [0.25, 0.3) is 11.8 Å². The highest BCUT2D eigenvalue weighted by Gasteiger charge is 2.07. The molecule has 0 aromatic heterocycles. The molecular formula is C20H21N3O3. The van der Waals surface area contributed by atoms with E-state index in [1.54, 1.807) is 30.3 Å². The maximum Gasteiger partial charge on any atom is 0.259 e. The smallest absolute Gasteiger partial charge is 0.259 e. The van der Waals surface area contributed by atoms with Crippen LogP contribution in [0.5, 0.6) is 5.75 Å². The summed E-state index contributed by atoms with van der Waals surface area (Å²) < 4.78 is 5.31. The van der Waals surface area contributed by atoms with Gasteiger partial charge in [0, 0.05) is 11.8 Å². The van der Waals surface area contributed by atoms with Gasteiger partial charge in [-0.05, 0) is 42.8 Å². The Labute approximate surface area is 152 Å². The Hall–Kier alpha value is -3.41. The van der Waals surface area contributed by atoms with Crippen LogP contribution < -0.4 is 15.5 Å². The van der Waals surface area contributed by atoms with Crippen molar-refractivity contribution in [1.82, 2.24) is 10.7 Å². The molecule has 0 aliphatic rings. The number of amides is 2. The Kier molecular flexibility index (Phi) is 7.61. The van der Waals surface area contributed by atoms with E-state index in [0.717, 1.165) is 5.56 Å². The molecule has 0 saturated heterocycles. The number of hydrogen-bond acceptors (Lipinski definition) is 4. The first-order valence-corrected chi connectivity index (χ1v) is 8.23. The molecule has 0 saturated carbocycles. The average molecular weight is 351 g/mol. The van der Waals surface area contributed by atoms with Crippen molar-refractivity contribution in [3.8, 4) is 5.75 Å². The fraction of sp³-hybridized carbons (Fsp3) is 0.150. The maximum absolute atomic E-state index is 12.0. The summed E-state index contributed by atoms with van der Waals surface area (Å²) >= 11 is 0. The zero-order valence-electron chi connectivity index (χ0n) is 14.5. The molecule has 134 valence electrons. The summed E-state index contributed by atoms with van der Waals surface area (Å²) in [5, 5.41) is 6.32. The van der Waals surface area contributed by atoms with Gasteiger partial charge in [-0.2, -0.15) is 5.10 Å². The molecule has 6 heteroatoms.